The van der Waals surface area contributed by atoms with Gasteiger partial charge < -0.3 is 5.32 Å². The second-order valence-corrected chi connectivity index (χ2v) is 11.9. The Kier molecular flexibility index (Phi) is 9.22. The number of amides is 1. The quantitative estimate of drug-likeness (QED) is 0.218. The van der Waals surface area contributed by atoms with E-state index in [1.54, 1.807) is 0 Å². The number of hydrogen-bond acceptors (Lipinski definition) is 2. The molecule has 0 saturated carbocycles. The fourth-order valence-electron chi connectivity index (χ4n) is 5.31. The van der Waals surface area contributed by atoms with Crippen LogP contribution >= 0.6 is 35.0 Å². The van der Waals surface area contributed by atoms with Crippen molar-refractivity contribution in [3.05, 3.63) is 113 Å². The molecule has 6 atom stereocenters. The Labute approximate surface area is 229 Å². The molecule has 188 valence electrons. The molecule has 1 amide bonds. The van der Waals surface area contributed by atoms with Gasteiger partial charge in [0, 0.05) is 38.1 Å². The maximum absolute atomic E-state index is 13.1. The number of nitrogens with one attached hydrogen (secondary N) is 1. The van der Waals surface area contributed by atoms with E-state index in [1.807, 2.05) is 48.2 Å². The average Bonchev–Trinajstić information content (AvgIpc) is 2.89. The molecule has 36 heavy (non-hydrogen) atoms. The van der Waals surface area contributed by atoms with E-state index in [0.29, 0.717) is 6.42 Å². The van der Waals surface area contributed by atoms with E-state index in [2.05, 4.69) is 74.3 Å². The van der Waals surface area contributed by atoms with E-state index in [9.17, 15) is 4.79 Å². The van der Waals surface area contributed by atoms with Crippen LogP contribution in [0, 0.1) is 17.8 Å². The van der Waals surface area contributed by atoms with Crippen LogP contribution in [0.2, 0.25) is 10.0 Å². The van der Waals surface area contributed by atoms with Gasteiger partial charge in [0.05, 0.1) is 0 Å². The van der Waals surface area contributed by atoms with E-state index in [4.69, 9.17) is 23.2 Å². The van der Waals surface area contributed by atoms with Crippen LogP contribution in [0.25, 0.3) is 0 Å². The Bertz CT molecular complexity index is 1170. The zero-order chi connectivity index (χ0) is 25.7. The van der Waals surface area contributed by atoms with Crippen LogP contribution in [0.4, 0.5) is 0 Å². The van der Waals surface area contributed by atoms with E-state index in [-0.39, 0.29) is 40.9 Å². The summed E-state index contributed by atoms with van der Waals surface area (Å²) in [5, 5.41) is 5.07. The summed E-state index contributed by atoms with van der Waals surface area (Å²) < 4.78 is 0. The molecule has 0 aliphatic carbocycles. The largest absolute Gasteiger partial charge is 0.352 e. The van der Waals surface area contributed by atoms with Crippen LogP contribution in [0.3, 0.4) is 0 Å². The molecule has 1 aliphatic heterocycles. The number of hydrogen-bond donors (Lipinski definition) is 1. The van der Waals surface area contributed by atoms with Crippen LogP contribution in [-0.4, -0.2) is 11.9 Å². The van der Waals surface area contributed by atoms with Crippen molar-refractivity contribution in [2.45, 2.75) is 48.8 Å². The first-order valence-electron chi connectivity index (χ1n) is 12.5. The Balaban J connectivity index is 1.67. The van der Waals surface area contributed by atoms with Gasteiger partial charge in [-0.1, -0.05) is 85.6 Å². The molecule has 0 spiro atoms. The molecule has 1 fully saturated rings. The third-order valence-electron chi connectivity index (χ3n) is 7.46. The smallest absolute Gasteiger partial charge is 0.223 e. The minimum atomic E-state index is -0.0732. The third-order valence-corrected chi connectivity index (χ3v) is 9.44. The lowest BCUT2D eigenvalue weighted by atomic mass is 9.71. The van der Waals surface area contributed by atoms with Gasteiger partial charge in [-0.3, -0.25) is 4.79 Å². The number of thioether (sulfide) groups is 1. The molecule has 3 aromatic rings. The van der Waals surface area contributed by atoms with E-state index in [1.165, 1.54) is 16.0 Å². The van der Waals surface area contributed by atoms with Gasteiger partial charge in [-0.25, -0.2) is 0 Å². The molecule has 1 N–H and O–H groups in total. The van der Waals surface area contributed by atoms with Crippen molar-refractivity contribution in [1.29, 1.82) is 0 Å². The highest BCUT2D eigenvalue weighted by Crippen LogP contribution is 2.47. The SMILES string of the molecule is C=CC[C@H]1C[C@H](c2cccc(Cl)c2)[C@H](C(C)C(C)C(Sc2ccccc2)c2ccc(Cl)cc2)NC1=O. The van der Waals surface area contributed by atoms with Crippen LogP contribution in [0.1, 0.15) is 49.0 Å². The molecular formula is C31H33Cl2NOS. The molecule has 4 rings (SSSR count). The zero-order valence-electron chi connectivity index (χ0n) is 20.7. The first-order valence-corrected chi connectivity index (χ1v) is 14.1. The van der Waals surface area contributed by atoms with Crippen molar-refractivity contribution >= 4 is 40.9 Å². The zero-order valence-corrected chi connectivity index (χ0v) is 23.1. The Morgan fingerprint density at radius 2 is 1.72 bits per heavy atom. The fourth-order valence-corrected chi connectivity index (χ4v) is 6.99. The molecule has 3 aromatic carbocycles. The number of allylic oxidation sites excluding steroid dienone is 1. The lowest BCUT2D eigenvalue weighted by molar-refractivity contribution is -0.129. The van der Waals surface area contributed by atoms with Crippen LogP contribution in [0.5, 0.6) is 0 Å². The molecule has 2 nitrogen and oxygen atoms in total. The topological polar surface area (TPSA) is 29.1 Å². The van der Waals surface area contributed by atoms with Gasteiger partial charge in [0.1, 0.15) is 0 Å². The van der Waals surface area contributed by atoms with Crippen LogP contribution in [-0.2, 0) is 4.79 Å². The van der Waals surface area contributed by atoms with Gasteiger partial charge in [0.25, 0.3) is 0 Å². The fraction of sp³-hybridized carbons (Fsp3) is 0.323. The molecule has 5 heteroatoms. The molecule has 3 unspecified atom stereocenters. The summed E-state index contributed by atoms with van der Waals surface area (Å²) in [6, 6.07) is 26.8. The van der Waals surface area contributed by atoms with E-state index in [0.717, 1.165) is 16.5 Å². The molecule has 1 saturated heterocycles. The monoisotopic (exact) mass is 537 g/mol. The predicted octanol–water partition coefficient (Wildman–Crippen LogP) is 8.96. The van der Waals surface area contributed by atoms with Gasteiger partial charge in [-0.15, -0.1) is 18.3 Å². The number of benzene rings is 3. The van der Waals surface area contributed by atoms with Crippen molar-refractivity contribution in [2.75, 3.05) is 0 Å². The highest BCUT2D eigenvalue weighted by Gasteiger charge is 2.41. The standard InChI is InChI=1S/C31H33Cl2NOS/c1-4-9-24-19-28(23-10-8-11-26(33)18-23)29(34-31(24)35)20(2)21(3)30(22-14-16-25(32)17-15-22)36-27-12-6-5-7-13-27/h4-8,10-18,20-21,24,28-30H,1,9,19H2,2-3H3,(H,34,35)/t20?,21?,24-,28+,29-,30?/m0/s1. The molecule has 1 heterocycles. The van der Waals surface area contributed by atoms with Gasteiger partial charge >= 0.3 is 0 Å². The van der Waals surface area contributed by atoms with Gasteiger partial charge in [-0.2, -0.15) is 0 Å². The first-order chi connectivity index (χ1) is 17.4. The summed E-state index contributed by atoms with van der Waals surface area (Å²) in [5.74, 6) is 0.696. The molecule has 0 aromatic heterocycles. The molecule has 1 aliphatic rings. The van der Waals surface area contributed by atoms with Gasteiger partial charge in [-0.05, 0) is 72.2 Å². The van der Waals surface area contributed by atoms with Crippen LogP contribution < -0.4 is 5.32 Å². The predicted molar refractivity (Wildman–Crippen MR) is 154 cm³/mol. The van der Waals surface area contributed by atoms with Crippen molar-refractivity contribution in [3.8, 4) is 0 Å². The summed E-state index contributed by atoms with van der Waals surface area (Å²) in [4.78, 5) is 14.4. The van der Waals surface area contributed by atoms with Gasteiger partial charge in [0.2, 0.25) is 5.91 Å². The maximum atomic E-state index is 13.1. The second kappa shape index (κ2) is 12.4. The number of halogens is 2. The summed E-state index contributed by atoms with van der Waals surface area (Å²) in [6.07, 6.45) is 3.31. The number of piperidine rings is 1. The first kappa shape index (κ1) is 26.9. The van der Waals surface area contributed by atoms with Crippen molar-refractivity contribution in [1.82, 2.24) is 5.32 Å². The van der Waals surface area contributed by atoms with Crippen molar-refractivity contribution in [2.24, 2.45) is 17.8 Å². The summed E-state index contributed by atoms with van der Waals surface area (Å²) in [7, 11) is 0. The lowest BCUT2D eigenvalue weighted by Crippen LogP contribution is -2.52. The van der Waals surface area contributed by atoms with Crippen LogP contribution in [0.15, 0.2) is 96.4 Å². The lowest BCUT2D eigenvalue weighted by Gasteiger charge is -2.43. The van der Waals surface area contributed by atoms with E-state index < -0.39 is 0 Å². The summed E-state index contributed by atoms with van der Waals surface area (Å²) >= 11 is 14.5. The number of rotatable bonds is 9. The van der Waals surface area contributed by atoms with Crippen molar-refractivity contribution < 1.29 is 4.79 Å². The van der Waals surface area contributed by atoms with Gasteiger partial charge in [0.15, 0.2) is 0 Å². The highest BCUT2D eigenvalue weighted by atomic mass is 35.5. The summed E-state index contributed by atoms with van der Waals surface area (Å²) in [6.45, 7) is 8.45. The minimum absolute atomic E-state index is 0.00166. The molecular weight excluding hydrogens is 505 g/mol. The summed E-state index contributed by atoms with van der Waals surface area (Å²) in [5.41, 5.74) is 2.41. The Morgan fingerprint density at radius 3 is 2.39 bits per heavy atom. The van der Waals surface area contributed by atoms with Crippen molar-refractivity contribution in [3.63, 3.8) is 0 Å². The highest BCUT2D eigenvalue weighted by molar-refractivity contribution is 7.99. The number of carbonyl (C=O) groups is 1. The normalized spacial score (nSPS) is 22.3. The Hall–Kier alpha value is -2.20. The third kappa shape index (κ3) is 6.37. The molecule has 0 radical (unpaired) electrons. The minimum Gasteiger partial charge on any atom is -0.352 e. The van der Waals surface area contributed by atoms with E-state index >= 15 is 0 Å². The average molecular weight is 539 g/mol. The molecule has 0 bridgehead atoms. The maximum Gasteiger partial charge on any atom is 0.223 e. The number of carbonyl (C=O) groups excluding carboxylic acids is 1. The Morgan fingerprint density at radius 1 is 1.00 bits per heavy atom. The second-order valence-electron chi connectivity index (χ2n) is 9.77.